The average molecular weight is 463 g/mol. The molecule has 3 aromatic heterocycles. The SMILES string of the molecule is CCCCNc1ncc2c(-c3ccc(N4CCCCC4)nc3)nn(CC3CCC(N)CC3)c2n1. The van der Waals surface area contributed by atoms with Gasteiger partial charge in [-0.3, -0.25) is 0 Å². The van der Waals surface area contributed by atoms with Crippen LogP contribution in [0.1, 0.15) is 64.7 Å². The zero-order valence-corrected chi connectivity index (χ0v) is 20.4. The van der Waals surface area contributed by atoms with E-state index < -0.39 is 0 Å². The van der Waals surface area contributed by atoms with Gasteiger partial charge in [-0.05, 0) is 69.4 Å². The summed E-state index contributed by atoms with van der Waals surface area (Å²) in [5.41, 5.74) is 8.98. The van der Waals surface area contributed by atoms with Crippen LogP contribution in [0.4, 0.5) is 11.8 Å². The smallest absolute Gasteiger partial charge is 0.224 e. The predicted molar refractivity (Wildman–Crippen MR) is 138 cm³/mol. The molecule has 0 aromatic carbocycles. The summed E-state index contributed by atoms with van der Waals surface area (Å²) >= 11 is 0. The van der Waals surface area contributed by atoms with Gasteiger partial charge in [-0.2, -0.15) is 10.1 Å². The predicted octanol–water partition coefficient (Wildman–Crippen LogP) is 4.61. The molecule has 0 spiro atoms. The first-order chi connectivity index (χ1) is 16.7. The third-order valence-electron chi connectivity index (χ3n) is 7.33. The quantitative estimate of drug-likeness (QED) is 0.472. The van der Waals surface area contributed by atoms with Crippen LogP contribution < -0.4 is 16.0 Å². The summed E-state index contributed by atoms with van der Waals surface area (Å²) in [5.74, 6) is 2.32. The van der Waals surface area contributed by atoms with Crippen LogP contribution in [0.3, 0.4) is 0 Å². The summed E-state index contributed by atoms with van der Waals surface area (Å²) in [4.78, 5) is 16.7. The topological polar surface area (TPSA) is 97.8 Å². The standard InChI is InChI=1S/C26H38N8/c1-2-3-13-28-26-30-17-22-24(20-9-12-23(29-16-20)33-14-5-4-6-15-33)32-34(25(22)31-26)18-19-7-10-21(27)11-8-19/h9,12,16-17,19,21H,2-8,10-11,13-15,18,27H2,1H3,(H,28,30,31). The Labute approximate surface area is 202 Å². The fourth-order valence-corrected chi connectivity index (χ4v) is 5.21. The van der Waals surface area contributed by atoms with Crippen molar-refractivity contribution in [2.45, 2.75) is 77.3 Å². The Morgan fingerprint density at radius 2 is 1.85 bits per heavy atom. The second-order valence-corrected chi connectivity index (χ2v) is 9.98. The molecule has 2 aliphatic rings. The van der Waals surface area contributed by atoms with E-state index in [1.807, 2.05) is 12.4 Å². The molecule has 0 amide bonds. The van der Waals surface area contributed by atoms with Crippen molar-refractivity contribution in [3.8, 4) is 11.3 Å². The molecule has 0 bridgehead atoms. The van der Waals surface area contributed by atoms with Gasteiger partial charge in [0.25, 0.3) is 0 Å². The fraction of sp³-hybridized carbons (Fsp3) is 0.615. The molecule has 5 rings (SSSR count). The van der Waals surface area contributed by atoms with E-state index in [2.05, 4.69) is 38.9 Å². The van der Waals surface area contributed by atoms with Gasteiger partial charge >= 0.3 is 0 Å². The van der Waals surface area contributed by atoms with Gasteiger partial charge in [0.2, 0.25) is 5.95 Å². The highest BCUT2D eigenvalue weighted by Gasteiger charge is 2.22. The van der Waals surface area contributed by atoms with Crippen LogP contribution in [0.25, 0.3) is 22.3 Å². The van der Waals surface area contributed by atoms with Crippen molar-refractivity contribution < 1.29 is 0 Å². The third kappa shape index (κ3) is 5.17. The van der Waals surface area contributed by atoms with Crippen molar-refractivity contribution in [1.29, 1.82) is 0 Å². The molecular weight excluding hydrogens is 424 g/mol. The molecule has 34 heavy (non-hydrogen) atoms. The summed E-state index contributed by atoms with van der Waals surface area (Å²) in [6.45, 7) is 6.13. The first-order valence-electron chi connectivity index (χ1n) is 13.2. The number of fused-ring (bicyclic) bond motifs is 1. The number of hydrogen-bond donors (Lipinski definition) is 2. The summed E-state index contributed by atoms with van der Waals surface area (Å²) in [6.07, 6.45) is 14.4. The van der Waals surface area contributed by atoms with Crippen LogP contribution in [0.5, 0.6) is 0 Å². The molecule has 8 heteroatoms. The number of nitrogens with zero attached hydrogens (tertiary/aromatic N) is 6. The first-order valence-corrected chi connectivity index (χ1v) is 13.2. The molecule has 0 unspecified atom stereocenters. The molecule has 182 valence electrons. The highest BCUT2D eigenvalue weighted by atomic mass is 15.3. The van der Waals surface area contributed by atoms with E-state index in [0.29, 0.717) is 17.9 Å². The summed E-state index contributed by atoms with van der Waals surface area (Å²) in [7, 11) is 0. The zero-order chi connectivity index (χ0) is 23.3. The van der Waals surface area contributed by atoms with Gasteiger partial charge in [0, 0.05) is 50.2 Å². The molecule has 1 aliphatic heterocycles. The Morgan fingerprint density at radius 3 is 2.59 bits per heavy atom. The number of piperidine rings is 1. The van der Waals surface area contributed by atoms with Crippen LogP contribution in [0.2, 0.25) is 0 Å². The molecule has 1 aliphatic carbocycles. The second-order valence-electron chi connectivity index (χ2n) is 9.98. The Bertz CT molecular complexity index is 1060. The Kier molecular flexibility index (Phi) is 7.23. The Hall–Kier alpha value is -2.74. The lowest BCUT2D eigenvalue weighted by molar-refractivity contribution is 0.288. The maximum absolute atomic E-state index is 6.14. The molecule has 1 saturated carbocycles. The molecule has 3 N–H and O–H groups in total. The molecular formula is C26H38N8. The molecule has 3 aromatic rings. The maximum Gasteiger partial charge on any atom is 0.224 e. The molecule has 0 radical (unpaired) electrons. The van der Waals surface area contributed by atoms with Gasteiger partial charge in [0.15, 0.2) is 5.65 Å². The number of unbranched alkanes of at least 4 members (excludes halogenated alkanes) is 1. The number of pyridine rings is 1. The minimum Gasteiger partial charge on any atom is -0.357 e. The molecule has 1 saturated heterocycles. The molecule has 4 heterocycles. The van der Waals surface area contributed by atoms with Crippen LogP contribution >= 0.6 is 0 Å². The van der Waals surface area contributed by atoms with E-state index in [4.69, 9.17) is 20.8 Å². The number of anilines is 2. The largest absolute Gasteiger partial charge is 0.357 e. The summed E-state index contributed by atoms with van der Waals surface area (Å²) < 4.78 is 2.09. The lowest BCUT2D eigenvalue weighted by atomic mass is 9.86. The van der Waals surface area contributed by atoms with Crippen molar-refractivity contribution in [1.82, 2.24) is 24.7 Å². The zero-order valence-electron chi connectivity index (χ0n) is 20.4. The Balaban J connectivity index is 1.44. The van der Waals surface area contributed by atoms with Gasteiger partial charge < -0.3 is 16.0 Å². The minimum atomic E-state index is 0.349. The molecule has 2 fully saturated rings. The second kappa shape index (κ2) is 10.7. The van der Waals surface area contributed by atoms with Crippen molar-refractivity contribution in [2.24, 2.45) is 11.7 Å². The van der Waals surface area contributed by atoms with Crippen molar-refractivity contribution in [2.75, 3.05) is 29.9 Å². The molecule has 0 atom stereocenters. The van der Waals surface area contributed by atoms with E-state index >= 15 is 0 Å². The number of rotatable bonds is 8. The van der Waals surface area contributed by atoms with Gasteiger partial charge in [-0.25, -0.2) is 14.6 Å². The lowest BCUT2D eigenvalue weighted by Crippen LogP contribution is -2.29. The number of nitrogens with two attached hydrogens (primary N) is 1. The third-order valence-corrected chi connectivity index (χ3v) is 7.33. The monoisotopic (exact) mass is 462 g/mol. The van der Waals surface area contributed by atoms with E-state index in [1.54, 1.807) is 0 Å². The van der Waals surface area contributed by atoms with E-state index in [-0.39, 0.29) is 0 Å². The average Bonchev–Trinajstić information content (AvgIpc) is 3.24. The van der Waals surface area contributed by atoms with Gasteiger partial charge in [0.1, 0.15) is 11.5 Å². The number of hydrogen-bond acceptors (Lipinski definition) is 7. The van der Waals surface area contributed by atoms with E-state index in [9.17, 15) is 0 Å². The van der Waals surface area contributed by atoms with Gasteiger partial charge in [-0.15, -0.1) is 0 Å². The summed E-state index contributed by atoms with van der Waals surface area (Å²) in [6, 6.07) is 4.63. The van der Waals surface area contributed by atoms with Gasteiger partial charge in [-0.1, -0.05) is 13.3 Å². The van der Waals surface area contributed by atoms with Crippen LogP contribution in [-0.2, 0) is 6.54 Å². The minimum absolute atomic E-state index is 0.349. The van der Waals surface area contributed by atoms with Crippen molar-refractivity contribution in [3.63, 3.8) is 0 Å². The van der Waals surface area contributed by atoms with Crippen LogP contribution in [0, 0.1) is 5.92 Å². The summed E-state index contributed by atoms with van der Waals surface area (Å²) in [5, 5.41) is 9.41. The lowest BCUT2D eigenvalue weighted by Gasteiger charge is -2.27. The van der Waals surface area contributed by atoms with Crippen LogP contribution in [0.15, 0.2) is 24.5 Å². The maximum atomic E-state index is 6.14. The van der Waals surface area contributed by atoms with Crippen molar-refractivity contribution >= 4 is 22.8 Å². The van der Waals surface area contributed by atoms with E-state index in [0.717, 1.165) is 92.8 Å². The highest BCUT2D eigenvalue weighted by Crippen LogP contribution is 2.31. The van der Waals surface area contributed by atoms with E-state index in [1.165, 1.54) is 19.3 Å². The van der Waals surface area contributed by atoms with Crippen LogP contribution in [-0.4, -0.2) is 50.4 Å². The number of aromatic nitrogens is 5. The first kappa shape index (κ1) is 23.0. The fourth-order valence-electron chi connectivity index (χ4n) is 5.21. The highest BCUT2D eigenvalue weighted by molar-refractivity contribution is 5.91. The molecule has 8 nitrogen and oxygen atoms in total. The Morgan fingerprint density at radius 1 is 1.03 bits per heavy atom. The van der Waals surface area contributed by atoms with Gasteiger partial charge in [0.05, 0.1) is 5.39 Å². The number of nitrogens with one attached hydrogen (secondary N) is 1. The van der Waals surface area contributed by atoms with Crippen molar-refractivity contribution in [3.05, 3.63) is 24.5 Å². The normalized spacial score (nSPS) is 21.2.